The normalized spacial score (nSPS) is 11.0. The third-order valence-corrected chi connectivity index (χ3v) is 8.25. The molecule has 2 aromatic heterocycles. The zero-order valence-corrected chi connectivity index (χ0v) is 27.1. The summed E-state index contributed by atoms with van der Waals surface area (Å²) < 4.78 is 0. The lowest BCUT2D eigenvalue weighted by Gasteiger charge is -2.05. The molecular formula is C38H26N10O4+2. The van der Waals surface area contributed by atoms with Gasteiger partial charge in [0.05, 0.1) is 31.2 Å². The maximum Gasteiger partial charge on any atom is 0.340 e. The van der Waals surface area contributed by atoms with Gasteiger partial charge in [-0.1, -0.05) is 48.5 Å². The molecule has 6 aromatic carbocycles. The molecule has 0 aliphatic rings. The zero-order chi connectivity index (χ0) is 35.6. The Bertz CT molecular complexity index is 2390. The molecule has 0 saturated heterocycles. The molecule has 0 amide bonds. The van der Waals surface area contributed by atoms with Crippen LogP contribution >= 0.6 is 0 Å². The summed E-state index contributed by atoms with van der Waals surface area (Å²) in [6.07, 6.45) is 0. The molecule has 2 heterocycles. The Morgan fingerprint density at radius 1 is 0.442 bits per heavy atom. The number of nitro groups is 2. The molecule has 0 unspecified atom stereocenters. The van der Waals surface area contributed by atoms with Crippen molar-refractivity contribution in [3.63, 3.8) is 0 Å². The topological polar surface area (TPSA) is 155 Å². The highest BCUT2D eigenvalue weighted by Gasteiger charge is 2.26. The number of rotatable bonds is 9. The second kappa shape index (κ2) is 13.3. The van der Waals surface area contributed by atoms with Crippen LogP contribution in [0.3, 0.4) is 0 Å². The van der Waals surface area contributed by atoms with Gasteiger partial charge >= 0.3 is 11.6 Å². The van der Waals surface area contributed by atoms with E-state index >= 15 is 0 Å². The van der Waals surface area contributed by atoms with E-state index in [4.69, 9.17) is 20.4 Å². The van der Waals surface area contributed by atoms with E-state index in [-0.39, 0.29) is 11.4 Å². The first kappa shape index (κ1) is 31.5. The molecule has 0 bridgehead atoms. The van der Waals surface area contributed by atoms with E-state index in [1.54, 1.807) is 33.9 Å². The lowest BCUT2D eigenvalue weighted by molar-refractivity contribution is -0.734. The van der Waals surface area contributed by atoms with E-state index < -0.39 is 9.85 Å². The minimum Gasteiger partial charge on any atom is -0.258 e. The lowest BCUT2D eigenvalue weighted by Crippen LogP contribution is -2.43. The monoisotopic (exact) mass is 686 g/mol. The van der Waals surface area contributed by atoms with Gasteiger partial charge in [-0.3, -0.25) is 20.2 Å². The summed E-state index contributed by atoms with van der Waals surface area (Å²) in [6.45, 7) is 0. The van der Waals surface area contributed by atoms with Crippen LogP contribution in [0.15, 0.2) is 158 Å². The lowest BCUT2D eigenvalue weighted by atomic mass is 10.1. The van der Waals surface area contributed by atoms with E-state index in [0.29, 0.717) is 34.4 Å². The van der Waals surface area contributed by atoms with E-state index in [1.807, 2.05) is 109 Å². The number of hydrogen-bond acceptors (Lipinski definition) is 8. The minimum absolute atomic E-state index is 0.0580. The Labute approximate surface area is 295 Å². The van der Waals surface area contributed by atoms with Gasteiger partial charge in [-0.2, -0.15) is 0 Å². The molecule has 52 heavy (non-hydrogen) atoms. The molecule has 0 fully saturated rings. The number of tetrazole rings is 2. The second-order valence-electron chi connectivity index (χ2n) is 11.6. The van der Waals surface area contributed by atoms with Crippen molar-refractivity contribution in [2.75, 3.05) is 0 Å². The smallest absolute Gasteiger partial charge is 0.258 e. The SMILES string of the molecule is O=[N+]([O-])c1cccc(-n2nc(-c3ccccc3)n[n+]2-c2ccc(-c3ccc(-[n+]4nc(-c5ccccc5)nn4-c4cccc([N+](=O)[O-])c4)cc3)cc2)c1. The van der Waals surface area contributed by atoms with Crippen molar-refractivity contribution < 1.29 is 19.4 Å². The molecule has 8 rings (SSSR count). The average Bonchev–Trinajstić information content (AvgIpc) is 3.85. The van der Waals surface area contributed by atoms with Crippen molar-refractivity contribution in [2.24, 2.45) is 0 Å². The van der Waals surface area contributed by atoms with Crippen LogP contribution in [0.5, 0.6) is 0 Å². The summed E-state index contributed by atoms with van der Waals surface area (Å²) >= 11 is 0. The quantitative estimate of drug-likeness (QED) is 0.0985. The van der Waals surface area contributed by atoms with Gasteiger partial charge in [-0.25, -0.2) is 0 Å². The standard InChI is InChI=1S/C38H26N10O4/c49-47(50)35-15-7-13-33(25-35)45-41-37(29-9-3-1-4-10-29)39-43(45)31-21-17-27(18-22-31)28-19-23-32(24-20-28)44-40-38(30-11-5-2-6-12-30)42-46(44)34-14-8-16-36(26-34)48(51)52/h1-26H/q+2. The van der Waals surface area contributed by atoms with Gasteiger partial charge in [0.2, 0.25) is 0 Å². The molecule has 0 spiro atoms. The second-order valence-corrected chi connectivity index (χ2v) is 11.6. The fraction of sp³-hybridized carbons (Fsp3) is 0. The van der Waals surface area contributed by atoms with Gasteiger partial charge in [0, 0.05) is 33.9 Å². The summed E-state index contributed by atoms with van der Waals surface area (Å²) in [5.74, 6) is 0.912. The van der Waals surface area contributed by atoms with Crippen molar-refractivity contribution in [1.29, 1.82) is 0 Å². The summed E-state index contributed by atoms with van der Waals surface area (Å²) in [6, 6.07) is 46.9. The first-order valence-corrected chi connectivity index (χ1v) is 16.0. The molecule has 250 valence electrons. The van der Waals surface area contributed by atoms with Crippen LogP contribution in [0.1, 0.15) is 0 Å². The first-order chi connectivity index (χ1) is 25.4. The Balaban J connectivity index is 1.14. The van der Waals surface area contributed by atoms with Crippen LogP contribution in [0.4, 0.5) is 11.4 Å². The fourth-order valence-electron chi connectivity index (χ4n) is 5.68. The highest BCUT2D eigenvalue weighted by atomic mass is 16.6. The summed E-state index contributed by atoms with van der Waals surface area (Å²) in [5.41, 5.74) is 5.68. The number of nitro benzene ring substituents is 2. The predicted octanol–water partition coefficient (Wildman–Crippen LogP) is 6.22. The van der Waals surface area contributed by atoms with Gasteiger partial charge < -0.3 is 0 Å². The molecule has 0 N–H and O–H groups in total. The van der Waals surface area contributed by atoms with E-state index in [2.05, 4.69) is 0 Å². The number of nitrogens with zero attached hydrogens (tertiary/aromatic N) is 10. The Kier molecular flexibility index (Phi) is 8.05. The fourth-order valence-corrected chi connectivity index (χ4v) is 5.68. The summed E-state index contributed by atoms with van der Waals surface area (Å²) in [5, 5.41) is 42.0. The third-order valence-electron chi connectivity index (χ3n) is 8.25. The van der Waals surface area contributed by atoms with Crippen molar-refractivity contribution in [2.45, 2.75) is 0 Å². The minimum atomic E-state index is -0.443. The molecule has 0 aliphatic carbocycles. The maximum absolute atomic E-state index is 11.5. The van der Waals surface area contributed by atoms with Crippen LogP contribution in [-0.2, 0) is 0 Å². The number of non-ortho nitro benzene ring substituents is 2. The Morgan fingerprint density at radius 2 is 0.827 bits per heavy atom. The molecule has 0 aliphatic heterocycles. The predicted molar refractivity (Wildman–Crippen MR) is 189 cm³/mol. The highest BCUT2D eigenvalue weighted by molar-refractivity contribution is 5.65. The van der Waals surface area contributed by atoms with Gasteiger partial charge in [0.25, 0.3) is 11.4 Å². The van der Waals surface area contributed by atoms with Gasteiger partial charge in [-0.05, 0) is 116 Å². The molecule has 0 atom stereocenters. The van der Waals surface area contributed by atoms with E-state index in [1.165, 1.54) is 33.9 Å². The van der Waals surface area contributed by atoms with E-state index in [0.717, 1.165) is 22.3 Å². The van der Waals surface area contributed by atoms with Gasteiger partial charge in [-0.15, -0.1) is 0 Å². The van der Waals surface area contributed by atoms with Gasteiger partial charge in [0.15, 0.2) is 11.4 Å². The number of benzene rings is 6. The van der Waals surface area contributed by atoms with E-state index in [9.17, 15) is 20.2 Å². The molecule has 0 saturated carbocycles. The van der Waals surface area contributed by atoms with Crippen molar-refractivity contribution in [3.05, 3.63) is 178 Å². The maximum atomic E-state index is 11.5. The van der Waals surface area contributed by atoms with Crippen molar-refractivity contribution >= 4 is 11.4 Å². The molecule has 8 aromatic rings. The van der Waals surface area contributed by atoms with Gasteiger partial charge in [0.1, 0.15) is 11.4 Å². The molecule has 14 heteroatoms. The highest BCUT2D eigenvalue weighted by Crippen LogP contribution is 2.23. The van der Waals surface area contributed by atoms with Crippen LogP contribution < -0.4 is 9.59 Å². The summed E-state index contributed by atoms with van der Waals surface area (Å²) in [4.78, 5) is 28.5. The number of hydrogen-bond donors (Lipinski definition) is 0. The van der Waals surface area contributed by atoms with Crippen LogP contribution in [0.25, 0.3) is 56.7 Å². The largest absolute Gasteiger partial charge is 0.340 e. The number of aromatic nitrogens is 8. The van der Waals surface area contributed by atoms with Crippen molar-refractivity contribution in [1.82, 2.24) is 30.0 Å². The summed E-state index contributed by atoms with van der Waals surface area (Å²) in [7, 11) is 0. The molecule has 0 radical (unpaired) electrons. The average molecular weight is 687 g/mol. The van der Waals surface area contributed by atoms with Crippen LogP contribution in [-0.4, -0.2) is 39.8 Å². The Hall–Kier alpha value is -7.74. The molecule has 14 nitrogen and oxygen atoms in total. The van der Waals surface area contributed by atoms with Crippen molar-refractivity contribution in [3.8, 4) is 56.7 Å². The third kappa shape index (κ3) is 6.14. The van der Waals surface area contributed by atoms with Crippen LogP contribution in [0.2, 0.25) is 0 Å². The first-order valence-electron chi connectivity index (χ1n) is 16.0. The Morgan fingerprint density at radius 3 is 1.19 bits per heavy atom. The zero-order valence-electron chi connectivity index (χ0n) is 27.1. The van der Waals surface area contributed by atoms with Crippen LogP contribution in [0, 0.1) is 20.2 Å². The molecular weight excluding hydrogens is 660 g/mol.